The van der Waals surface area contributed by atoms with Gasteiger partial charge in [-0.3, -0.25) is 0 Å². The Hall–Kier alpha value is -2.36. The maximum Gasteiger partial charge on any atom is 0.229 e. The van der Waals surface area contributed by atoms with Gasteiger partial charge in [-0.15, -0.1) is 0 Å². The maximum absolute atomic E-state index is 9.97. The molecule has 0 amide bonds. The summed E-state index contributed by atoms with van der Waals surface area (Å²) in [6.45, 7) is -0.510. The van der Waals surface area contributed by atoms with Crippen LogP contribution in [0.4, 0.5) is 11.4 Å². The van der Waals surface area contributed by atoms with E-state index < -0.39 is 37.3 Å². The van der Waals surface area contributed by atoms with Gasteiger partial charge in [0.05, 0.1) is 18.0 Å². The van der Waals surface area contributed by atoms with Crippen LogP contribution in [0.1, 0.15) is 0 Å². The molecule has 26 heavy (non-hydrogen) atoms. The minimum atomic E-state index is -1.48. The molecule has 8 nitrogen and oxygen atoms in total. The van der Waals surface area contributed by atoms with E-state index in [0.29, 0.717) is 11.4 Å². The molecule has 4 N–H and O–H groups in total. The average molecular weight is 360 g/mol. The number of hydrogen-bond donors (Lipinski definition) is 4. The van der Waals surface area contributed by atoms with Crippen molar-refractivity contribution >= 4 is 11.4 Å². The highest BCUT2D eigenvalue weighted by Gasteiger charge is 2.44. The smallest absolute Gasteiger partial charge is 0.229 e. The number of nitrogens with zero attached hydrogens (tertiary/aromatic N) is 2. The van der Waals surface area contributed by atoms with Gasteiger partial charge in [0.1, 0.15) is 30.2 Å². The lowest BCUT2D eigenvalue weighted by atomic mass is 9.99. The molecule has 0 unspecified atom stereocenters. The molecule has 5 atom stereocenters. The van der Waals surface area contributed by atoms with E-state index in [9.17, 15) is 20.4 Å². The number of benzene rings is 2. The van der Waals surface area contributed by atoms with Gasteiger partial charge in [0.15, 0.2) is 0 Å². The fourth-order valence-corrected chi connectivity index (χ4v) is 2.50. The fourth-order valence-electron chi connectivity index (χ4n) is 2.50. The second-order valence-corrected chi connectivity index (χ2v) is 5.84. The molecule has 0 radical (unpaired) electrons. The number of aliphatic hydroxyl groups is 4. The highest BCUT2D eigenvalue weighted by Crippen LogP contribution is 2.26. The highest BCUT2D eigenvalue weighted by atomic mass is 16.7. The van der Waals surface area contributed by atoms with Crippen LogP contribution < -0.4 is 4.74 Å². The van der Waals surface area contributed by atoms with Crippen molar-refractivity contribution in [1.82, 2.24) is 0 Å². The van der Waals surface area contributed by atoms with E-state index in [1.807, 2.05) is 30.3 Å². The van der Waals surface area contributed by atoms with Gasteiger partial charge in [-0.25, -0.2) is 0 Å². The van der Waals surface area contributed by atoms with Crippen LogP contribution in [0.2, 0.25) is 0 Å². The van der Waals surface area contributed by atoms with Crippen molar-refractivity contribution in [1.29, 1.82) is 0 Å². The first-order chi connectivity index (χ1) is 12.6. The minimum absolute atomic E-state index is 0.369. The average Bonchev–Trinajstić information content (AvgIpc) is 2.68. The zero-order chi connectivity index (χ0) is 18.5. The number of aliphatic hydroxyl groups excluding tert-OH is 4. The van der Waals surface area contributed by atoms with E-state index in [4.69, 9.17) is 9.47 Å². The number of ether oxygens (including phenoxy) is 2. The van der Waals surface area contributed by atoms with Crippen LogP contribution in [0.25, 0.3) is 0 Å². The van der Waals surface area contributed by atoms with Gasteiger partial charge in [-0.05, 0) is 36.4 Å². The third-order valence-electron chi connectivity index (χ3n) is 3.97. The molecule has 0 bridgehead atoms. The number of rotatable bonds is 5. The molecule has 0 aromatic heterocycles. The molecule has 0 spiro atoms. The second-order valence-electron chi connectivity index (χ2n) is 5.84. The molecule has 1 aliphatic rings. The van der Waals surface area contributed by atoms with Gasteiger partial charge in [-0.1, -0.05) is 18.2 Å². The molecular weight excluding hydrogens is 340 g/mol. The van der Waals surface area contributed by atoms with Gasteiger partial charge >= 0.3 is 0 Å². The summed E-state index contributed by atoms with van der Waals surface area (Å²) in [5.74, 6) is 0.369. The van der Waals surface area contributed by atoms with Crippen LogP contribution in [0.3, 0.4) is 0 Å². The Morgan fingerprint density at radius 2 is 1.42 bits per heavy atom. The first kappa shape index (κ1) is 18.4. The molecule has 1 fully saturated rings. The lowest BCUT2D eigenvalue weighted by Crippen LogP contribution is -2.60. The van der Waals surface area contributed by atoms with Gasteiger partial charge in [-0.2, -0.15) is 10.2 Å². The molecule has 0 saturated carbocycles. The molecule has 2 aromatic carbocycles. The fraction of sp³-hybridized carbons (Fsp3) is 0.333. The second kappa shape index (κ2) is 8.35. The predicted molar refractivity (Wildman–Crippen MR) is 91.5 cm³/mol. The van der Waals surface area contributed by atoms with Crippen LogP contribution >= 0.6 is 0 Å². The zero-order valence-electron chi connectivity index (χ0n) is 13.8. The molecule has 3 rings (SSSR count). The summed E-state index contributed by atoms with van der Waals surface area (Å²) in [5, 5.41) is 46.9. The Kier molecular flexibility index (Phi) is 5.92. The summed E-state index contributed by atoms with van der Waals surface area (Å²) in [7, 11) is 0. The van der Waals surface area contributed by atoms with Gasteiger partial charge < -0.3 is 29.9 Å². The molecule has 138 valence electrons. The van der Waals surface area contributed by atoms with Crippen molar-refractivity contribution in [2.75, 3.05) is 6.61 Å². The monoisotopic (exact) mass is 360 g/mol. The van der Waals surface area contributed by atoms with Crippen molar-refractivity contribution in [2.45, 2.75) is 30.7 Å². The zero-order valence-corrected chi connectivity index (χ0v) is 13.8. The van der Waals surface area contributed by atoms with Crippen molar-refractivity contribution in [2.24, 2.45) is 10.2 Å². The minimum Gasteiger partial charge on any atom is -0.462 e. The lowest BCUT2D eigenvalue weighted by Gasteiger charge is -2.39. The Morgan fingerprint density at radius 3 is 2.04 bits per heavy atom. The Bertz CT molecular complexity index is 722. The normalized spacial score (nSPS) is 29.0. The predicted octanol–water partition coefficient (Wildman–Crippen LogP) is 1.28. The van der Waals surface area contributed by atoms with Gasteiger partial charge in [0.25, 0.3) is 0 Å². The highest BCUT2D eigenvalue weighted by molar-refractivity contribution is 5.42. The SMILES string of the molecule is OC[C@H]1O[C@@H](Oc2ccc(N=Nc3ccccc3)cc2)[C@@H](O)[C@@H](O)[C@@H]1O. The molecular formula is C18H20N2O6. The molecule has 1 heterocycles. The number of hydrogen-bond acceptors (Lipinski definition) is 8. The molecule has 1 aliphatic heterocycles. The molecule has 1 saturated heterocycles. The van der Waals surface area contributed by atoms with E-state index in [0.717, 1.165) is 5.69 Å². The standard InChI is InChI=1S/C18H20N2O6/c21-10-14-15(22)16(23)17(24)18(26-14)25-13-8-6-12(7-9-13)20-19-11-4-2-1-3-5-11/h1-9,14-18,21-24H,10H2/t14-,15-,16+,17+,18-/m1/s1. The van der Waals surface area contributed by atoms with Crippen LogP contribution in [0.15, 0.2) is 64.8 Å². The van der Waals surface area contributed by atoms with Crippen LogP contribution in [0, 0.1) is 0 Å². The van der Waals surface area contributed by atoms with Crippen LogP contribution in [-0.2, 0) is 4.74 Å². The summed E-state index contributed by atoms with van der Waals surface area (Å²) in [6.07, 6.45) is -6.59. The Labute approximate surface area is 150 Å². The van der Waals surface area contributed by atoms with Crippen molar-refractivity contribution < 1.29 is 29.9 Å². The van der Waals surface area contributed by atoms with Gasteiger partial charge in [0, 0.05) is 0 Å². The summed E-state index contributed by atoms with van der Waals surface area (Å²) in [6, 6.07) is 15.9. The third-order valence-corrected chi connectivity index (χ3v) is 3.97. The lowest BCUT2D eigenvalue weighted by molar-refractivity contribution is -0.277. The van der Waals surface area contributed by atoms with Crippen LogP contribution in [0.5, 0.6) is 5.75 Å². The quantitative estimate of drug-likeness (QED) is 0.596. The van der Waals surface area contributed by atoms with Crippen molar-refractivity contribution in [3.8, 4) is 5.75 Å². The topological polar surface area (TPSA) is 124 Å². The molecule has 2 aromatic rings. The van der Waals surface area contributed by atoms with Crippen molar-refractivity contribution in [3.63, 3.8) is 0 Å². The van der Waals surface area contributed by atoms with E-state index in [1.165, 1.54) is 0 Å². The number of azo groups is 1. The summed E-state index contributed by atoms with van der Waals surface area (Å²) in [4.78, 5) is 0. The van der Waals surface area contributed by atoms with E-state index in [-0.39, 0.29) is 0 Å². The van der Waals surface area contributed by atoms with Gasteiger partial charge in [0.2, 0.25) is 6.29 Å². The van der Waals surface area contributed by atoms with Crippen molar-refractivity contribution in [3.05, 3.63) is 54.6 Å². The molecule has 0 aliphatic carbocycles. The molecule has 8 heteroatoms. The summed E-state index contributed by atoms with van der Waals surface area (Å²) >= 11 is 0. The first-order valence-electron chi connectivity index (χ1n) is 8.12. The van der Waals surface area contributed by atoms with E-state index in [2.05, 4.69) is 10.2 Å². The van der Waals surface area contributed by atoms with E-state index >= 15 is 0 Å². The maximum atomic E-state index is 9.97. The Morgan fingerprint density at radius 1 is 0.808 bits per heavy atom. The first-order valence-corrected chi connectivity index (χ1v) is 8.12. The Balaban J connectivity index is 1.64. The summed E-state index contributed by atoms with van der Waals surface area (Å²) < 4.78 is 10.8. The van der Waals surface area contributed by atoms with Crippen LogP contribution in [-0.4, -0.2) is 57.7 Å². The van der Waals surface area contributed by atoms with E-state index in [1.54, 1.807) is 24.3 Å². The third kappa shape index (κ3) is 4.24. The largest absolute Gasteiger partial charge is 0.462 e. The summed E-state index contributed by atoms with van der Waals surface area (Å²) in [5.41, 5.74) is 1.34.